The minimum absolute atomic E-state index is 0.0798. The van der Waals surface area contributed by atoms with Gasteiger partial charge in [-0.3, -0.25) is 0 Å². The molecular formula is C11H6F3NO3. The van der Waals surface area contributed by atoms with Gasteiger partial charge in [0.25, 0.3) is 0 Å². The summed E-state index contributed by atoms with van der Waals surface area (Å²) in [7, 11) is 0. The molecule has 0 saturated carbocycles. The van der Waals surface area contributed by atoms with Crippen molar-refractivity contribution in [2.24, 2.45) is 0 Å². The normalized spacial score (nSPS) is 10.6. The van der Waals surface area contributed by atoms with Crippen LogP contribution in [0.3, 0.4) is 0 Å². The Kier molecular flexibility index (Phi) is 3.05. The number of rotatable bonds is 3. The molecule has 1 heterocycles. The van der Waals surface area contributed by atoms with Crippen LogP contribution in [0, 0.1) is 11.6 Å². The predicted molar refractivity (Wildman–Crippen MR) is 53.6 cm³/mol. The maximum Gasteiger partial charge on any atom is 0.374 e. The first kappa shape index (κ1) is 12.2. The summed E-state index contributed by atoms with van der Waals surface area (Å²) in [5.74, 6) is -4.39. The Morgan fingerprint density at radius 3 is 2.61 bits per heavy atom. The Morgan fingerprint density at radius 1 is 1.33 bits per heavy atom. The molecule has 0 radical (unpaired) electrons. The fourth-order valence-electron chi connectivity index (χ4n) is 1.41. The molecule has 0 aliphatic heterocycles. The standard InChI is InChI=1S/C11H6F3NO3/c12-4-5-1-6(10(14)7(13)2-5)8-3-9(11(16)17)18-15-8/h1-3H,4H2,(H,16,17). The van der Waals surface area contributed by atoms with Gasteiger partial charge in [0.1, 0.15) is 12.4 Å². The molecule has 1 aromatic heterocycles. The van der Waals surface area contributed by atoms with E-state index in [0.29, 0.717) is 0 Å². The highest BCUT2D eigenvalue weighted by atomic mass is 19.2. The molecule has 0 fully saturated rings. The highest BCUT2D eigenvalue weighted by Gasteiger charge is 2.18. The fourth-order valence-corrected chi connectivity index (χ4v) is 1.41. The highest BCUT2D eigenvalue weighted by Crippen LogP contribution is 2.26. The summed E-state index contributed by atoms with van der Waals surface area (Å²) in [5, 5.41) is 11.9. The van der Waals surface area contributed by atoms with Crippen molar-refractivity contribution in [1.82, 2.24) is 5.16 Å². The Bertz CT molecular complexity index is 610. The second-order valence-electron chi connectivity index (χ2n) is 3.45. The van der Waals surface area contributed by atoms with Crippen molar-refractivity contribution < 1.29 is 27.6 Å². The zero-order chi connectivity index (χ0) is 13.3. The van der Waals surface area contributed by atoms with Crippen LogP contribution >= 0.6 is 0 Å². The van der Waals surface area contributed by atoms with Crippen molar-refractivity contribution in [3.63, 3.8) is 0 Å². The summed E-state index contributed by atoms with van der Waals surface area (Å²) >= 11 is 0. The van der Waals surface area contributed by atoms with Gasteiger partial charge in [0.05, 0.1) is 0 Å². The zero-order valence-electron chi connectivity index (χ0n) is 8.78. The van der Waals surface area contributed by atoms with Gasteiger partial charge in [-0.05, 0) is 17.7 Å². The van der Waals surface area contributed by atoms with Gasteiger partial charge in [0.15, 0.2) is 11.6 Å². The number of aromatic carboxylic acids is 1. The number of aromatic nitrogens is 1. The summed E-state index contributed by atoms with van der Waals surface area (Å²) < 4.78 is 43.5. The third-order valence-corrected chi connectivity index (χ3v) is 2.24. The van der Waals surface area contributed by atoms with E-state index < -0.39 is 30.0 Å². The molecule has 0 amide bonds. The predicted octanol–water partition coefficient (Wildman–Crippen LogP) is 2.79. The molecule has 0 bridgehead atoms. The maximum absolute atomic E-state index is 13.5. The maximum atomic E-state index is 13.5. The molecule has 0 aliphatic rings. The van der Waals surface area contributed by atoms with Gasteiger partial charge in [-0.15, -0.1) is 0 Å². The minimum atomic E-state index is -1.39. The lowest BCUT2D eigenvalue weighted by atomic mass is 10.1. The summed E-state index contributed by atoms with van der Waals surface area (Å²) in [6, 6.07) is 2.70. The van der Waals surface area contributed by atoms with Gasteiger partial charge in [-0.2, -0.15) is 0 Å². The van der Waals surface area contributed by atoms with E-state index in [0.717, 1.165) is 18.2 Å². The van der Waals surface area contributed by atoms with Crippen LogP contribution < -0.4 is 0 Å². The number of nitrogens with zero attached hydrogens (tertiary/aromatic N) is 1. The van der Waals surface area contributed by atoms with Crippen molar-refractivity contribution in [3.05, 3.63) is 41.2 Å². The molecule has 2 aromatic rings. The first-order valence-electron chi connectivity index (χ1n) is 4.77. The number of benzene rings is 1. The Labute approximate surface area is 98.6 Å². The van der Waals surface area contributed by atoms with Crippen molar-refractivity contribution in [2.45, 2.75) is 6.67 Å². The first-order chi connectivity index (χ1) is 8.52. The largest absolute Gasteiger partial charge is 0.475 e. The van der Waals surface area contributed by atoms with Crippen molar-refractivity contribution >= 4 is 5.97 Å². The molecular weight excluding hydrogens is 251 g/mol. The Balaban J connectivity index is 2.55. The van der Waals surface area contributed by atoms with Crippen LogP contribution in [0.15, 0.2) is 22.7 Å². The molecule has 1 aromatic carbocycles. The monoisotopic (exact) mass is 257 g/mol. The molecule has 4 nitrogen and oxygen atoms in total. The average Bonchev–Trinajstić information content (AvgIpc) is 2.82. The number of hydrogen-bond donors (Lipinski definition) is 1. The van der Waals surface area contributed by atoms with Gasteiger partial charge in [0.2, 0.25) is 5.76 Å². The third-order valence-electron chi connectivity index (χ3n) is 2.24. The number of carbonyl (C=O) groups is 1. The smallest absolute Gasteiger partial charge is 0.374 e. The zero-order valence-corrected chi connectivity index (χ0v) is 8.78. The second-order valence-corrected chi connectivity index (χ2v) is 3.45. The van der Waals surface area contributed by atoms with Crippen LogP contribution in [0.5, 0.6) is 0 Å². The number of halogens is 3. The van der Waals surface area contributed by atoms with E-state index in [4.69, 9.17) is 5.11 Å². The fraction of sp³-hybridized carbons (Fsp3) is 0.0909. The van der Waals surface area contributed by atoms with Crippen LogP contribution in [0.1, 0.15) is 16.1 Å². The van der Waals surface area contributed by atoms with E-state index in [1.165, 1.54) is 0 Å². The third kappa shape index (κ3) is 2.06. The van der Waals surface area contributed by atoms with Crippen LogP contribution in [0.4, 0.5) is 13.2 Å². The molecule has 0 spiro atoms. The molecule has 18 heavy (non-hydrogen) atoms. The van der Waals surface area contributed by atoms with Crippen LogP contribution in [0.25, 0.3) is 11.3 Å². The van der Waals surface area contributed by atoms with Crippen LogP contribution in [-0.2, 0) is 6.67 Å². The van der Waals surface area contributed by atoms with E-state index in [1.807, 2.05) is 0 Å². The minimum Gasteiger partial charge on any atom is -0.475 e. The lowest BCUT2D eigenvalue weighted by molar-refractivity contribution is 0.0652. The summed E-state index contributed by atoms with van der Waals surface area (Å²) in [6.45, 7) is -0.978. The van der Waals surface area contributed by atoms with E-state index in [2.05, 4.69) is 9.68 Å². The number of hydrogen-bond acceptors (Lipinski definition) is 3. The van der Waals surface area contributed by atoms with Crippen molar-refractivity contribution in [3.8, 4) is 11.3 Å². The SMILES string of the molecule is O=C(O)c1cc(-c2cc(CF)cc(F)c2F)no1. The topological polar surface area (TPSA) is 63.3 Å². The van der Waals surface area contributed by atoms with E-state index in [-0.39, 0.29) is 16.8 Å². The van der Waals surface area contributed by atoms with Gasteiger partial charge in [-0.1, -0.05) is 5.16 Å². The summed E-state index contributed by atoms with van der Waals surface area (Å²) in [5.41, 5.74) is -0.637. The Hall–Kier alpha value is -2.31. The molecule has 0 unspecified atom stereocenters. The van der Waals surface area contributed by atoms with Gasteiger partial charge in [-0.25, -0.2) is 18.0 Å². The van der Waals surface area contributed by atoms with Crippen LogP contribution in [-0.4, -0.2) is 16.2 Å². The number of alkyl halides is 1. The molecule has 1 N–H and O–H groups in total. The Morgan fingerprint density at radius 2 is 2.06 bits per heavy atom. The average molecular weight is 257 g/mol. The first-order valence-corrected chi connectivity index (χ1v) is 4.77. The quantitative estimate of drug-likeness (QED) is 0.918. The van der Waals surface area contributed by atoms with E-state index >= 15 is 0 Å². The van der Waals surface area contributed by atoms with Gasteiger partial charge < -0.3 is 9.63 Å². The molecule has 0 aliphatic carbocycles. The van der Waals surface area contributed by atoms with E-state index in [1.54, 1.807) is 0 Å². The molecule has 0 atom stereocenters. The summed E-state index contributed by atoms with van der Waals surface area (Å²) in [6.07, 6.45) is 0. The molecule has 2 rings (SSSR count). The summed E-state index contributed by atoms with van der Waals surface area (Å²) in [4.78, 5) is 10.6. The molecule has 7 heteroatoms. The number of carboxylic acid groups (broad SMARTS) is 1. The van der Waals surface area contributed by atoms with Crippen molar-refractivity contribution in [1.29, 1.82) is 0 Å². The van der Waals surface area contributed by atoms with Gasteiger partial charge in [0, 0.05) is 11.6 Å². The van der Waals surface area contributed by atoms with E-state index in [9.17, 15) is 18.0 Å². The lowest BCUT2D eigenvalue weighted by Gasteiger charge is -2.02. The van der Waals surface area contributed by atoms with Crippen molar-refractivity contribution in [2.75, 3.05) is 0 Å². The highest BCUT2D eigenvalue weighted by molar-refractivity contribution is 5.85. The van der Waals surface area contributed by atoms with Crippen LogP contribution in [0.2, 0.25) is 0 Å². The molecule has 94 valence electrons. The number of carboxylic acids is 1. The lowest BCUT2D eigenvalue weighted by Crippen LogP contribution is -1.94. The van der Waals surface area contributed by atoms with Gasteiger partial charge >= 0.3 is 5.97 Å². The molecule has 0 saturated heterocycles. The second kappa shape index (κ2) is 4.52.